The lowest BCUT2D eigenvalue weighted by molar-refractivity contribution is -0.125. The van der Waals surface area contributed by atoms with E-state index in [-0.39, 0.29) is 11.8 Å². The normalized spacial score (nSPS) is 19.8. The Balaban J connectivity index is 2.30. The molecule has 1 saturated heterocycles. The Morgan fingerprint density at radius 1 is 1.54 bits per heavy atom. The monoisotopic (exact) mass is 184 g/mol. The molecule has 13 heavy (non-hydrogen) atoms. The van der Waals surface area contributed by atoms with E-state index < -0.39 is 0 Å². The number of carbonyl (C=O) groups is 2. The number of piperidine rings is 1. The van der Waals surface area contributed by atoms with E-state index in [1.165, 1.54) is 0 Å². The van der Waals surface area contributed by atoms with Gasteiger partial charge in [0, 0.05) is 13.0 Å². The average Bonchev–Trinajstić information content (AvgIpc) is 2.18. The topological polar surface area (TPSA) is 49.4 Å². The van der Waals surface area contributed by atoms with Crippen molar-refractivity contribution < 1.29 is 9.59 Å². The standard InChI is InChI=1S/C9H16N2O2/c1-10-9(13)8-2-4-11(5-3-8)6-7-12/h7-8H,2-6H2,1H3,(H,10,13). The molecule has 0 aromatic heterocycles. The minimum atomic E-state index is 0.130. The maximum atomic E-state index is 11.2. The molecule has 0 unspecified atom stereocenters. The molecule has 0 aromatic rings. The molecule has 0 bridgehead atoms. The molecule has 1 heterocycles. The fourth-order valence-corrected chi connectivity index (χ4v) is 1.69. The number of hydrogen-bond donors (Lipinski definition) is 1. The summed E-state index contributed by atoms with van der Waals surface area (Å²) in [6, 6.07) is 0. The highest BCUT2D eigenvalue weighted by molar-refractivity contribution is 5.78. The summed E-state index contributed by atoms with van der Waals surface area (Å²) in [6.07, 6.45) is 2.65. The highest BCUT2D eigenvalue weighted by Gasteiger charge is 2.23. The largest absolute Gasteiger partial charge is 0.359 e. The molecule has 1 rings (SSSR count). The first-order valence-corrected chi connectivity index (χ1v) is 4.65. The molecule has 4 heteroatoms. The Bertz CT molecular complexity index is 186. The maximum absolute atomic E-state index is 11.2. The number of likely N-dealkylation sites (tertiary alicyclic amines) is 1. The van der Waals surface area contributed by atoms with E-state index in [1.54, 1.807) is 7.05 Å². The number of nitrogens with zero attached hydrogens (tertiary/aromatic N) is 1. The molecule has 1 amide bonds. The van der Waals surface area contributed by atoms with Crippen LogP contribution in [0.1, 0.15) is 12.8 Å². The third-order valence-electron chi connectivity index (χ3n) is 2.54. The van der Waals surface area contributed by atoms with Gasteiger partial charge in [-0.1, -0.05) is 0 Å². The van der Waals surface area contributed by atoms with Crippen LogP contribution in [0.4, 0.5) is 0 Å². The smallest absolute Gasteiger partial charge is 0.222 e. The van der Waals surface area contributed by atoms with Crippen LogP contribution in [0.25, 0.3) is 0 Å². The van der Waals surface area contributed by atoms with Gasteiger partial charge in [-0.05, 0) is 25.9 Å². The second-order valence-electron chi connectivity index (χ2n) is 3.36. The van der Waals surface area contributed by atoms with E-state index in [9.17, 15) is 9.59 Å². The fraction of sp³-hybridized carbons (Fsp3) is 0.778. The quantitative estimate of drug-likeness (QED) is 0.610. The van der Waals surface area contributed by atoms with Gasteiger partial charge >= 0.3 is 0 Å². The van der Waals surface area contributed by atoms with E-state index >= 15 is 0 Å². The van der Waals surface area contributed by atoms with Crippen molar-refractivity contribution in [3.05, 3.63) is 0 Å². The van der Waals surface area contributed by atoms with Crippen LogP contribution in [0, 0.1) is 5.92 Å². The molecule has 1 aliphatic heterocycles. The molecule has 0 saturated carbocycles. The Morgan fingerprint density at radius 2 is 2.15 bits per heavy atom. The van der Waals surface area contributed by atoms with Crippen LogP contribution < -0.4 is 5.32 Å². The van der Waals surface area contributed by atoms with Crippen LogP contribution >= 0.6 is 0 Å². The molecule has 0 radical (unpaired) electrons. The first kappa shape index (κ1) is 10.2. The Labute approximate surface area is 78.3 Å². The highest BCUT2D eigenvalue weighted by atomic mass is 16.1. The van der Waals surface area contributed by atoms with Crippen LogP contribution in [0.2, 0.25) is 0 Å². The number of nitrogens with one attached hydrogen (secondary N) is 1. The minimum Gasteiger partial charge on any atom is -0.359 e. The predicted molar refractivity (Wildman–Crippen MR) is 49.3 cm³/mol. The van der Waals surface area contributed by atoms with Crippen molar-refractivity contribution in [1.29, 1.82) is 0 Å². The van der Waals surface area contributed by atoms with Crippen molar-refractivity contribution in [2.75, 3.05) is 26.7 Å². The summed E-state index contributed by atoms with van der Waals surface area (Å²) in [5, 5.41) is 2.65. The first-order chi connectivity index (χ1) is 6.27. The van der Waals surface area contributed by atoms with Crippen molar-refractivity contribution in [2.45, 2.75) is 12.8 Å². The molecule has 4 nitrogen and oxygen atoms in total. The summed E-state index contributed by atoms with van der Waals surface area (Å²) in [6.45, 7) is 2.22. The molecular formula is C9H16N2O2. The second-order valence-corrected chi connectivity index (χ2v) is 3.36. The third kappa shape index (κ3) is 2.81. The summed E-state index contributed by atoms with van der Waals surface area (Å²) in [4.78, 5) is 23.5. The lowest BCUT2D eigenvalue weighted by Gasteiger charge is -2.29. The number of hydrogen-bond acceptors (Lipinski definition) is 3. The maximum Gasteiger partial charge on any atom is 0.222 e. The van der Waals surface area contributed by atoms with E-state index in [1.807, 2.05) is 0 Å². The van der Waals surface area contributed by atoms with Crippen molar-refractivity contribution in [3.63, 3.8) is 0 Å². The van der Waals surface area contributed by atoms with E-state index in [4.69, 9.17) is 0 Å². The summed E-state index contributed by atoms with van der Waals surface area (Å²) in [5.74, 6) is 0.277. The summed E-state index contributed by atoms with van der Waals surface area (Å²) in [5.41, 5.74) is 0. The van der Waals surface area contributed by atoms with Crippen molar-refractivity contribution >= 4 is 12.2 Å². The second kappa shape index (κ2) is 4.97. The first-order valence-electron chi connectivity index (χ1n) is 4.65. The molecule has 1 aliphatic rings. The van der Waals surface area contributed by atoms with Crippen LogP contribution in [0.15, 0.2) is 0 Å². The van der Waals surface area contributed by atoms with E-state index in [2.05, 4.69) is 10.2 Å². The zero-order valence-corrected chi connectivity index (χ0v) is 7.95. The van der Waals surface area contributed by atoms with E-state index in [0.717, 1.165) is 32.2 Å². The van der Waals surface area contributed by atoms with Crippen LogP contribution in [0.5, 0.6) is 0 Å². The van der Waals surface area contributed by atoms with Crippen molar-refractivity contribution in [3.8, 4) is 0 Å². The van der Waals surface area contributed by atoms with Gasteiger partial charge in [-0.2, -0.15) is 0 Å². The van der Waals surface area contributed by atoms with Gasteiger partial charge in [-0.3, -0.25) is 9.69 Å². The third-order valence-corrected chi connectivity index (χ3v) is 2.54. The van der Waals surface area contributed by atoms with Gasteiger partial charge in [-0.25, -0.2) is 0 Å². The Morgan fingerprint density at radius 3 is 2.62 bits per heavy atom. The van der Waals surface area contributed by atoms with Crippen LogP contribution in [-0.2, 0) is 9.59 Å². The van der Waals surface area contributed by atoms with Crippen molar-refractivity contribution in [2.24, 2.45) is 5.92 Å². The molecule has 74 valence electrons. The zero-order valence-electron chi connectivity index (χ0n) is 7.95. The number of carbonyl (C=O) groups excluding carboxylic acids is 2. The summed E-state index contributed by atoms with van der Waals surface area (Å²) >= 11 is 0. The van der Waals surface area contributed by atoms with Gasteiger partial charge in [-0.15, -0.1) is 0 Å². The Hall–Kier alpha value is -0.900. The van der Waals surface area contributed by atoms with Gasteiger partial charge in [0.1, 0.15) is 6.29 Å². The summed E-state index contributed by atoms with van der Waals surface area (Å²) in [7, 11) is 1.67. The molecule has 0 spiro atoms. The number of aldehydes is 1. The zero-order chi connectivity index (χ0) is 9.68. The molecule has 1 fully saturated rings. The van der Waals surface area contributed by atoms with Crippen LogP contribution in [-0.4, -0.2) is 43.8 Å². The van der Waals surface area contributed by atoms with Crippen LogP contribution in [0.3, 0.4) is 0 Å². The number of rotatable bonds is 3. The lowest BCUT2D eigenvalue weighted by atomic mass is 9.96. The minimum absolute atomic E-state index is 0.130. The molecule has 0 aliphatic carbocycles. The molecule has 0 atom stereocenters. The highest BCUT2D eigenvalue weighted by Crippen LogP contribution is 2.16. The average molecular weight is 184 g/mol. The summed E-state index contributed by atoms with van der Waals surface area (Å²) < 4.78 is 0. The van der Waals surface area contributed by atoms with Gasteiger partial charge in [0.15, 0.2) is 0 Å². The number of amides is 1. The molecule has 0 aromatic carbocycles. The van der Waals surface area contributed by atoms with Gasteiger partial charge in [0.05, 0.1) is 6.54 Å². The predicted octanol–water partition coefficient (Wildman–Crippen LogP) is -0.357. The van der Waals surface area contributed by atoms with Crippen molar-refractivity contribution in [1.82, 2.24) is 10.2 Å². The lowest BCUT2D eigenvalue weighted by Crippen LogP contribution is -2.40. The van der Waals surface area contributed by atoms with E-state index in [0.29, 0.717) is 6.54 Å². The molecular weight excluding hydrogens is 168 g/mol. The SMILES string of the molecule is CNC(=O)C1CCN(CC=O)CC1. The fourth-order valence-electron chi connectivity index (χ4n) is 1.69. The molecule has 1 N–H and O–H groups in total. The Kier molecular flexibility index (Phi) is 3.89. The van der Waals surface area contributed by atoms with Gasteiger partial charge in [0.2, 0.25) is 5.91 Å². The van der Waals surface area contributed by atoms with Gasteiger partial charge < -0.3 is 10.1 Å². The van der Waals surface area contributed by atoms with Gasteiger partial charge in [0.25, 0.3) is 0 Å².